The summed E-state index contributed by atoms with van der Waals surface area (Å²) in [4.78, 5) is 28.8. The van der Waals surface area contributed by atoms with Crippen molar-refractivity contribution in [2.45, 2.75) is 6.04 Å². The molecule has 1 N–H and O–H groups in total. The number of carbonyl (C=O) groups excluding carboxylic acids is 2. The first-order valence-corrected chi connectivity index (χ1v) is 7.22. The highest BCUT2D eigenvalue weighted by Crippen LogP contribution is 2.36. The van der Waals surface area contributed by atoms with E-state index in [0.29, 0.717) is 18.7 Å². The summed E-state index contributed by atoms with van der Waals surface area (Å²) in [6, 6.07) is 3.35. The molecule has 2 aliphatic rings. The Kier molecular flexibility index (Phi) is 3.10. The van der Waals surface area contributed by atoms with Crippen LogP contribution in [0, 0.1) is 0 Å². The lowest BCUT2D eigenvalue weighted by Gasteiger charge is -2.30. The minimum Gasteiger partial charge on any atom is -0.329 e. The van der Waals surface area contributed by atoms with E-state index in [1.807, 2.05) is 17.5 Å². The lowest BCUT2D eigenvalue weighted by molar-refractivity contribution is -0.125. The summed E-state index contributed by atoms with van der Waals surface area (Å²) in [7, 11) is 1.69. The fourth-order valence-electron chi connectivity index (χ4n) is 2.60. The summed E-state index contributed by atoms with van der Waals surface area (Å²) in [6.45, 7) is 4.63. The maximum atomic E-state index is 12.5. The van der Waals surface area contributed by atoms with Crippen molar-refractivity contribution < 1.29 is 9.59 Å². The van der Waals surface area contributed by atoms with Gasteiger partial charge < -0.3 is 10.2 Å². The van der Waals surface area contributed by atoms with E-state index in [1.165, 1.54) is 16.2 Å². The first-order chi connectivity index (χ1) is 9.63. The van der Waals surface area contributed by atoms with E-state index in [0.717, 1.165) is 10.6 Å². The number of likely N-dealkylation sites (N-methyl/N-ethyl adjacent to an activating group) is 1. The summed E-state index contributed by atoms with van der Waals surface area (Å²) in [6.07, 6.45) is 1.70. The van der Waals surface area contributed by atoms with Crippen LogP contribution in [0.25, 0.3) is 0 Å². The zero-order valence-corrected chi connectivity index (χ0v) is 11.9. The van der Waals surface area contributed by atoms with Crippen LogP contribution in [0.4, 0.5) is 4.79 Å². The van der Waals surface area contributed by atoms with Crippen molar-refractivity contribution in [2.24, 2.45) is 0 Å². The van der Waals surface area contributed by atoms with Gasteiger partial charge in [0.25, 0.3) is 5.91 Å². The van der Waals surface area contributed by atoms with Crippen molar-refractivity contribution in [3.8, 4) is 0 Å². The van der Waals surface area contributed by atoms with Crippen molar-refractivity contribution in [2.75, 3.05) is 20.1 Å². The monoisotopic (exact) mass is 289 g/mol. The SMILES string of the molecule is C=CCN1CC2=C(C1=O)[C@H](c1cccs1)NC(=O)N2C. The molecule has 3 amide bonds. The number of urea groups is 1. The van der Waals surface area contributed by atoms with Crippen LogP contribution in [0.15, 0.2) is 41.4 Å². The third-order valence-electron chi connectivity index (χ3n) is 3.61. The van der Waals surface area contributed by atoms with E-state index >= 15 is 0 Å². The first kappa shape index (κ1) is 12.9. The molecule has 3 heterocycles. The van der Waals surface area contributed by atoms with Crippen LogP contribution in [0.2, 0.25) is 0 Å². The van der Waals surface area contributed by atoms with Gasteiger partial charge in [0.1, 0.15) is 0 Å². The van der Waals surface area contributed by atoms with E-state index in [2.05, 4.69) is 11.9 Å². The van der Waals surface area contributed by atoms with Gasteiger partial charge >= 0.3 is 6.03 Å². The highest BCUT2D eigenvalue weighted by atomic mass is 32.1. The molecule has 0 aliphatic carbocycles. The number of nitrogens with zero attached hydrogens (tertiary/aromatic N) is 2. The Bertz CT molecular complexity index is 606. The van der Waals surface area contributed by atoms with Gasteiger partial charge in [-0.25, -0.2) is 4.79 Å². The van der Waals surface area contributed by atoms with Crippen molar-refractivity contribution in [3.05, 3.63) is 46.3 Å². The van der Waals surface area contributed by atoms with Gasteiger partial charge in [-0.15, -0.1) is 17.9 Å². The molecule has 0 saturated carbocycles. The second kappa shape index (κ2) is 4.79. The fourth-order valence-corrected chi connectivity index (χ4v) is 3.38. The molecule has 1 atom stereocenters. The summed E-state index contributed by atoms with van der Waals surface area (Å²) < 4.78 is 0. The number of nitrogens with one attached hydrogen (secondary N) is 1. The molecule has 20 heavy (non-hydrogen) atoms. The van der Waals surface area contributed by atoms with Gasteiger partial charge in [-0.2, -0.15) is 0 Å². The molecule has 6 heteroatoms. The van der Waals surface area contributed by atoms with Crippen molar-refractivity contribution in [1.82, 2.24) is 15.1 Å². The quantitative estimate of drug-likeness (QED) is 0.862. The van der Waals surface area contributed by atoms with Crippen molar-refractivity contribution in [3.63, 3.8) is 0 Å². The number of carbonyl (C=O) groups is 2. The molecule has 5 nitrogen and oxygen atoms in total. The number of hydrogen-bond acceptors (Lipinski definition) is 3. The average Bonchev–Trinajstić information content (AvgIpc) is 3.05. The van der Waals surface area contributed by atoms with Crippen LogP contribution < -0.4 is 5.32 Å². The second-order valence-corrected chi connectivity index (χ2v) is 5.77. The Morgan fingerprint density at radius 3 is 3.00 bits per heavy atom. The summed E-state index contributed by atoms with van der Waals surface area (Å²) in [5.41, 5.74) is 1.47. The smallest absolute Gasteiger partial charge is 0.322 e. The van der Waals surface area contributed by atoms with Crippen LogP contribution in [-0.2, 0) is 4.79 Å². The van der Waals surface area contributed by atoms with Crippen molar-refractivity contribution in [1.29, 1.82) is 0 Å². The third-order valence-corrected chi connectivity index (χ3v) is 4.55. The van der Waals surface area contributed by atoms with E-state index in [9.17, 15) is 9.59 Å². The van der Waals surface area contributed by atoms with Crippen LogP contribution in [0.5, 0.6) is 0 Å². The summed E-state index contributed by atoms with van der Waals surface area (Å²) in [5.74, 6) is -0.0230. The molecular formula is C14H15N3O2S. The second-order valence-electron chi connectivity index (χ2n) is 4.79. The molecule has 0 aromatic carbocycles. The molecule has 0 unspecified atom stereocenters. The van der Waals surface area contributed by atoms with Gasteiger partial charge in [-0.3, -0.25) is 9.69 Å². The molecule has 0 bridgehead atoms. The highest BCUT2D eigenvalue weighted by molar-refractivity contribution is 7.10. The zero-order valence-electron chi connectivity index (χ0n) is 11.1. The topological polar surface area (TPSA) is 52.7 Å². The Balaban J connectivity index is 2.03. The summed E-state index contributed by atoms with van der Waals surface area (Å²) in [5, 5.41) is 4.84. The van der Waals surface area contributed by atoms with E-state index in [1.54, 1.807) is 18.0 Å². The molecule has 2 aliphatic heterocycles. The Morgan fingerprint density at radius 2 is 2.35 bits per heavy atom. The fraction of sp³-hybridized carbons (Fsp3) is 0.286. The number of thiophene rings is 1. The largest absolute Gasteiger partial charge is 0.329 e. The highest BCUT2D eigenvalue weighted by Gasteiger charge is 2.42. The van der Waals surface area contributed by atoms with Crippen LogP contribution in [0.1, 0.15) is 10.9 Å². The number of rotatable bonds is 3. The lowest BCUT2D eigenvalue weighted by atomic mass is 10.0. The predicted octanol–water partition coefficient (Wildman–Crippen LogP) is 1.73. The van der Waals surface area contributed by atoms with Gasteiger partial charge in [0.15, 0.2) is 0 Å². The standard InChI is InChI=1S/C14H15N3O2S/c1-3-6-17-8-9-11(13(17)18)12(10-5-4-7-20-10)15-14(19)16(9)2/h3-5,7,12H,1,6,8H2,2H3,(H,15,19)/t12-/m0/s1. The van der Waals surface area contributed by atoms with Crippen LogP contribution >= 0.6 is 11.3 Å². The predicted molar refractivity (Wildman–Crippen MR) is 77.2 cm³/mol. The number of amides is 3. The molecule has 0 fully saturated rings. The van der Waals surface area contributed by atoms with Gasteiger partial charge in [0, 0.05) is 18.5 Å². The molecule has 1 aromatic heterocycles. The van der Waals surface area contributed by atoms with Crippen LogP contribution in [0.3, 0.4) is 0 Å². The van der Waals surface area contributed by atoms with Gasteiger partial charge in [-0.05, 0) is 11.4 Å². The van der Waals surface area contributed by atoms with Crippen LogP contribution in [-0.4, -0.2) is 41.9 Å². The number of hydrogen-bond donors (Lipinski definition) is 1. The average molecular weight is 289 g/mol. The molecule has 0 radical (unpaired) electrons. The maximum absolute atomic E-state index is 12.5. The van der Waals surface area contributed by atoms with Gasteiger partial charge in [0.05, 0.1) is 23.9 Å². The molecule has 3 rings (SSSR count). The maximum Gasteiger partial charge on any atom is 0.322 e. The molecular weight excluding hydrogens is 274 g/mol. The summed E-state index contributed by atoms with van der Waals surface area (Å²) >= 11 is 1.54. The Labute approximate surface area is 121 Å². The minimum atomic E-state index is -0.337. The molecule has 1 aromatic rings. The minimum absolute atomic E-state index is 0.0230. The lowest BCUT2D eigenvalue weighted by Crippen LogP contribution is -2.45. The Morgan fingerprint density at radius 1 is 1.55 bits per heavy atom. The molecule has 104 valence electrons. The van der Waals surface area contributed by atoms with Crippen molar-refractivity contribution >= 4 is 23.3 Å². The van der Waals surface area contributed by atoms with Gasteiger partial charge in [-0.1, -0.05) is 12.1 Å². The normalized spacial score (nSPS) is 22.1. The van der Waals surface area contributed by atoms with E-state index < -0.39 is 0 Å². The Hall–Kier alpha value is -2.08. The van der Waals surface area contributed by atoms with Gasteiger partial charge in [0.2, 0.25) is 0 Å². The third kappa shape index (κ3) is 1.84. The zero-order chi connectivity index (χ0) is 14.3. The first-order valence-electron chi connectivity index (χ1n) is 6.34. The molecule has 0 saturated heterocycles. The molecule has 0 spiro atoms. The van der Waals surface area contributed by atoms with E-state index in [4.69, 9.17) is 0 Å². The van der Waals surface area contributed by atoms with E-state index in [-0.39, 0.29) is 18.0 Å².